The summed E-state index contributed by atoms with van der Waals surface area (Å²) in [5.74, 6) is -0.104. The smallest absolute Gasteiger partial charge is 0.261 e. The number of thiophene rings is 1. The number of carbonyl (C=O) groups excluding carboxylic acids is 1. The van der Waals surface area contributed by atoms with Crippen LogP contribution in [0.5, 0.6) is 0 Å². The van der Waals surface area contributed by atoms with E-state index in [-0.39, 0.29) is 5.91 Å². The summed E-state index contributed by atoms with van der Waals surface area (Å²) in [6.45, 7) is 0.421. The molecule has 1 amide bonds. The molecule has 0 spiro atoms. The first-order chi connectivity index (χ1) is 8.69. The molecule has 0 aliphatic heterocycles. The predicted molar refractivity (Wildman–Crippen MR) is 74.3 cm³/mol. The lowest BCUT2D eigenvalue weighted by Crippen LogP contribution is -2.21. The Hall–Kier alpha value is -1.64. The van der Waals surface area contributed by atoms with E-state index in [1.807, 2.05) is 18.2 Å². The molecule has 0 fully saturated rings. The molecular formula is C13H9BrN2OS. The van der Waals surface area contributed by atoms with Crippen LogP contribution in [-0.4, -0.2) is 5.91 Å². The van der Waals surface area contributed by atoms with Crippen LogP contribution in [-0.2, 0) is 6.54 Å². The molecule has 2 rings (SSSR count). The van der Waals surface area contributed by atoms with Gasteiger partial charge >= 0.3 is 0 Å². The molecular weight excluding hydrogens is 312 g/mol. The van der Waals surface area contributed by atoms with Gasteiger partial charge in [0.1, 0.15) is 0 Å². The summed E-state index contributed by atoms with van der Waals surface area (Å²) in [5.41, 5.74) is 1.51. The minimum atomic E-state index is -0.104. The Bertz CT molecular complexity index is 615. The number of hydrogen-bond acceptors (Lipinski definition) is 3. The highest BCUT2D eigenvalue weighted by atomic mass is 79.9. The molecule has 0 radical (unpaired) electrons. The van der Waals surface area contributed by atoms with Crippen LogP contribution in [0.15, 0.2) is 40.2 Å². The minimum Gasteiger partial charge on any atom is -0.347 e. The van der Waals surface area contributed by atoms with Gasteiger partial charge in [-0.3, -0.25) is 4.79 Å². The predicted octanol–water partition coefficient (Wildman–Crippen LogP) is 3.31. The lowest BCUT2D eigenvalue weighted by Gasteiger charge is -2.03. The zero-order valence-corrected chi connectivity index (χ0v) is 11.7. The maximum atomic E-state index is 11.8. The molecule has 2 aromatic rings. The summed E-state index contributed by atoms with van der Waals surface area (Å²) in [6, 6.07) is 12.9. The van der Waals surface area contributed by atoms with Crippen molar-refractivity contribution in [3.8, 4) is 6.07 Å². The van der Waals surface area contributed by atoms with E-state index in [1.165, 1.54) is 11.3 Å². The van der Waals surface area contributed by atoms with Crippen LogP contribution in [0.3, 0.4) is 0 Å². The number of nitrogens with zero attached hydrogens (tertiary/aromatic N) is 1. The molecule has 0 unspecified atom stereocenters. The van der Waals surface area contributed by atoms with Gasteiger partial charge in [-0.2, -0.15) is 5.26 Å². The summed E-state index contributed by atoms with van der Waals surface area (Å²) in [6.07, 6.45) is 0. The van der Waals surface area contributed by atoms with E-state index in [1.54, 1.807) is 18.2 Å². The molecule has 0 aliphatic carbocycles. The van der Waals surface area contributed by atoms with Crippen LogP contribution >= 0.6 is 27.3 Å². The Balaban J connectivity index is 1.99. The van der Waals surface area contributed by atoms with E-state index >= 15 is 0 Å². The van der Waals surface area contributed by atoms with Crippen LogP contribution in [0.1, 0.15) is 20.8 Å². The van der Waals surface area contributed by atoms with Crippen LogP contribution < -0.4 is 5.32 Å². The molecule has 0 atom stereocenters. The zero-order chi connectivity index (χ0) is 13.0. The molecule has 1 aromatic heterocycles. The second kappa shape index (κ2) is 5.80. The highest BCUT2D eigenvalue weighted by molar-refractivity contribution is 9.11. The van der Waals surface area contributed by atoms with Crippen LogP contribution in [0, 0.1) is 11.3 Å². The Kier molecular flexibility index (Phi) is 4.13. The molecule has 18 heavy (non-hydrogen) atoms. The molecule has 1 N–H and O–H groups in total. The number of halogens is 1. The highest BCUT2D eigenvalue weighted by Crippen LogP contribution is 2.21. The standard InChI is InChI=1S/C13H9BrN2OS/c14-12-5-4-11(18-12)13(17)16-8-10-3-1-2-9(6-10)7-15/h1-6H,8H2,(H,16,17). The molecule has 3 nitrogen and oxygen atoms in total. The third-order valence-corrected chi connectivity index (χ3v) is 3.93. The molecule has 0 bridgehead atoms. The van der Waals surface area contributed by atoms with Gasteiger partial charge in [0.2, 0.25) is 0 Å². The SMILES string of the molecule is N#Cc1cccc(CNC(=O)c2ccc(Br)s2)c1. The van der Waals surface area contributed by atoms with Crippen LogP contribution in [0.2, 0.25) is 0 Å². The van der Waals surface area contributed by atoms with E-state index in [0.29, 0.717) is 17.0 Å². The third-order valence-electron chi connectivity index (χ3n) is 2.31. The van der Waals surface area contributed by atoms with E-state index in [9.17, 15) is 4.79 Å². The van der Waals surface area contributed by atoms with Crippen molar-refractivity contribution >= 4 is 33.2 Å². The van der Waals surface area contributed by atoms with Gasteiger partial charge in [-0.1, -0.05) is 12.1 Å². The number of nitriles is 1. The normalized spacial score (nSPS) is 9.78. The van der Waals surface area contributed by atoms with Crippen LogP contribution in [0.25, 0.3) is 0 Å². The third kappa shape index (κ3) is 3.19. The molecule has 0 saturated heterocycles. The van der Waals surface area contributed by atoms with E-state index in [0.717, 1.165) is 9.35 Å². The van der Waals surface area contributed by atoms with Gasteiger partial charge in [0.15, 0.2) is 0 Å². The molecule has 0 aliphatic rings. The molecule has 90 valence electrons. The second-order valence-electron chi connectivity index (χ2n) is 3.60. The van der Waals surface area contributed by atoms with Gasteiger partial charge in [0.25, 0.3) is 5.91 Å². The summed E-state index contributed by atoms with van der Waals surface area (Å²) >= 11 is 4.71. The number of amides is 1. The van der Waals surface area contributed by atoms with Crippen molar-refractivity contribution in [1.29, 1.82) is 5.26 Å². The number of carbonyl (C=O) groups is 1. The fourth-order valence-corrected chi connectivity index (χ4v) is 2.76. The fourth-order valence-electron chi connectivity index (χ4n) is 1.46. The second-order valence-corrected chi connectivity index (χ2v) is 6.06. The minimum absolute atomic E-state index is 0.104. The number of nitrogens with one attached hydrogen (secondary N) is 1. The van der Waals surface area contributed by atoms with Crippen molar-refractivity contribution in [2.75, 3.05) is 0 Å². The summed E-state index contributed by atoms with van der Waals surface area (Å²) in [4.78, 5) is 12.5. The van der Waals surface area contributed by atoms with Crippen LogP contribution in [0.4, 0.5) is 0 Å². The lowest BCUT2D eigenvalue weighted by molar-refractivity contribution is 0.0955. The first-order valence-corrected chi connectivity index (χ1v) is 6.82. The maximum Gasteiger partial charge on any atom is 0.261 e. The quantitative estimate of drug-likeness (QED) is 0.943. The lowest BCUT2D eigenvalue weighted by atomic mass is 10.1. The van der Waals surface area contributed by atoms with Crippen molar-refractivity contribution in [3.05, 3.63) is 56.2 Å². The number of hydrogen-bond donors (Lipinski definition) is 1. The molecule has 0 saturated carbocycles. The van der Waals surface area contributed by atoms with Crippen molar-refractivity contribution in [2.24, 2.45) is 0 Å². The van der Waals surface area contributed by atoms with Gasteiger partial charge < -0.3 is 5.32 Å². The maximum absolute atomic E-state index is 11.8. The molecule has 1 aromatic carbocycles. The zero-order valence-electron chi connectivity index (χ0n) is 9.31. The topological polar surface area (TPSA) is 52.9 Å². The first kappa shape index (κ1) is 12.8. The first-order valence-electron chi connectivity index (χ1n) is 5.21. The Morgan fingerprint density at radius 2 is 2.22 bits per heavy atom. The summed E-state index contributed by atoms with van der Waals surface area (Å²) in [5, 5.41) is 11.6. The van der Waals surface area contributed by atoms with Gasteiger partial charge in [-0.15, -0.1) is 11.3 Å². The Labute approximate surface area is 117 Å². The van der Waals surface area contributed by atoms with Crippen molar-refractivity contribution < 1.29 is 4.79 Å². The van der Waals surface area contributed by atoms with Gasteiger partial charge in [-0.25, -0.2) is 0 Å². The van der Waals surface area contributed by atoms with Gasteiger partial charge in [-0.05, 0) is 45.8 Å². The van der Waals surface area contributed by atoms with Gasteiger partial charge in [0, 0.05) is 6.54 Å². The number of rotatable bonds is 3. The van der Waals surface area contributed by atoms with E-state index in [2.05, 4.69) is 27.3 Å². The monoisotopic (exact) mass is 320 g/mol. The summed E-state index contributed by atoms with van der Waals surface area (Å²) < 4.78 is 0.930. The number of benzene rings is 1. The van der Waals surface area contributed by atoms with Crippen molar-refractivity contribution in [2.45, 2.75) is 6.54 Å². The van der Waals surface area contributed by atoms with Crippen molar-refractivity contribution in [1.82, 2.24) is 5.32 Å². The Morgan fingerprint density at radius 3 is 2.89 bits per heavy atom. The average Bonchev–Trinajstić information content (AvgIpc) is 2.83. The Morgan fingerprint density at radius 1 is 1.39 bits per heavy atom. The summed E-state index contributed by atoms with van der Waals surface area (Å²) in [7, 11) is 0. The van der Waals surface area contributed by atoms with E-state index in [4.69, 9.17) is 5.26 Å². The van der Waals surface area contributed by atoms with Crippen molar-refractivity contribution in [3.63, 3.8) is 0 Å². The average molecular weight is 321 g/mol. The molecule has 5 heteroatoms. The largest absolute Gasteiger partial charge is 0.347 e. The van der Waals surface area contributed by atoms with Gasteiger partial charge in [0.05, 0.1) is 20.3 Å². The molecule has 1 heterocycles. The fraction of sp³-hybridized carbons (Fsp3) is 0.0769. The highest BCUT2D eigenvalue weighted by Gasteiger charge is 2.07. The van der Waals surface area contributed by atoms with E-state index < -0.39 is 0 Å².